The highest BCUT2D eigenvalue weighted by Crippen LogP contribution is 2.40. The van der Waals surface area contributed by atoms with Crippen LogP contribution in [0.25, 0.3) is 5.70 Å². The number of halogens is 1. The van der Waals surface area contributed by atoms with Gasteiger partial charge < -0.3 is 24.3 Å². The number of nitrogens with zero attached hydrogens (tertiary/aromatic N) is 2. The predicted octanol–water partition coefficient (Wildman–Crippen LogP) is 5.27. The van der Waals surface area contributed by atoms with Crippen molar-refractivity contribution in [2.75, 3.05) is 32.4 Å². The standard InChI is InChI=1S/C22H27IN3O4P.C2H6/c1-28-11-10-25-15-24-26-18(14-30-31-23)12-19(27)22(21(26)20(25)17-8-5-9-17)29-13-16-6-3-2-4-7-16;1-2/h2-4,6-7,12,24,31H,5,8-11,13-15H2,1H3;1-2H3. The molecular weight excluding hydrogens is 552 g/mol. The minimum atomic E-state index is -0.120. The van der Waals surface area contributed by atoms with E-state index in [0.29, 0.717) is 38.7 Å². The molecule has 180 valence electrons. The second-order valence-corrected chi connectivity index (χ2v) is 9.30. The van der Waals surface area contributed by atoms with Gasteiger partial charge in [-0.05, 0) is 52.4 Å². The number of pyridine rings is 1. The van der Waals surface area contributed by atoms with E-state index >= 15 is 0 Å². The van der Waals surface area contributed by atoms with Gasteiger partial charge in [0.15, 0.2) is 5.75 Å². The molecule has 0 saturated heterocycles. The third kappa shape index (κ3) is 6.29. The molecule has 4 rings (SSSR count). The lowest BCUT2D eigenvalue weighted by molar-refractivity contribution is 0.170. The van der Waals surface area contributed by atoms with Gasteiger partial charge in [0.1, 0.15) is 19.0 Å². The fraction of sp³-hybridized carbons (Fsp3) is 0.458. The Labute approximate surface area is 210 Å². The number of methoxy groups -OCH3 is 1. The van der Waals surface area contributed by atoms with E-state index in [4.69, 9.17) is 14.0 Å². The molecular formula is C24H33IN3O4P. The zero-order chi connectivity index (χ0) is 23.6. The zero-order valence-corrected chi connectivity index (χ0v) is 22.7. The minimum absolute atomic E-state index is 0.120. The molecule has 2 aliphatic rings. The highest BCUT2D eigenvalue weighted by Gasteiger charge is 2.32. The lowest BCUT2D eigenvalue weighted by Crippen LogP contribution is -2.44. The van der Waals surface area contributed by atoms with Gasteiger partial charge in [0.25, 0.3) is 0 Å². The maximum atomic E-state index is 13.2. The molecule has 1 aliphatic carbocycles. The molecule has 7 nitrogen and oxygen atoms in total. The van der Waals surface area contributed by atoms with Gasteiger partial charge in [-0.2, -0.15) is 0 Å². The topological polar surface area (TPSA) is 65.0 Å². The number of nitrogens with one attached hydrogen (secondary N) is 1. The van der Waals surface area contributed by atoms with Crippen LogP contribution in [-0.2, 0) is 22.5 Å². The van der Waals surface area contributed by atoms with Gasteiger partial charge >= 0.3 is 0 Å². The van der Waals surface area contributed by atoms with Crippen molar-refractivity contribution in [2.45, 2.75) is 46.3 Å². The molecule has 0 amide bonds. The van der Waals surface area contributed by atoms with Crippen LogP contribution in [0.5, 0.6) is 5.75 Å². The van der Waals surface area contributed by atoms with Crippen molar-refractivity contribution in [3.63, 3.8) is 0 Å². The Bertz CT molecular complexity index is 991. The largest absolute Gasteiger partial charge is 0.483 e. The Balaban J connectivity index is 0.00000149. The number of aromatic nitrogens is 1. The van der Waals surface area contributed by atoms with Crippen molar-refractivity contribution in [1.82, 2.24) is 9.58 Å². The lowest BCUT2D eigenvalue weighted by Gasteiger charge is -2.40. The maximum absolute atomic E-state index is 13.2. The van der Waals surface area contributed by atoms with Crippen LogP contribution in [0.4, 0.5) is 0 Å². The number of hydrogen-bond acceptors (Lipinski definition) is 6. The molecule has 9 heteroatoms. The zero-order valence-electron chi connectivity index (χ0n) is 19.5. The molecule has 0 radical (unpaired) electrons. The first-order valence-corrected chi connectivity index (χ1v) is 15.4. The van der Waals surface area contributed by atoms with Crippen LogP contribution in [0.2, 0.25) is 0 Å². The summed E-state index contributed by atoms with van der Waals surface area (Å²) in [7, 11) is 1.71. The molecule has 1 fully saturated rings. The molecule has 2 heterocycles. The molecule has 1 aliphatic heterocycles. The predicted molar refractivity (Wildman–Crippen MR) is 144 cm³/mol. The molecule has 1 aromatic carbocycles. The number of allylic oxidation sites excluding steroid dienone is 1. The second kappa shape index (κ2) is 13.3. The van der Waals surface area contributed by atoms with Gasteiger partial charge in [0.2, 0.25) is 5.43 Å². The maximum Gasteiger partial charge on any atom is 0.224 e. The Morgan fingerprint density at radius 1 is 1.15 bits per heavy atom. The smallest absolute Gasteiger partial charge is 0.224 e. The van der Waals surface area contributed by atoms with Crippen LogP contribution < -0.4 is 15.6 Å². The molecule has 1 N–H and O–H groups in total. The summed E-state index contributed by atoms with van der Waals surface area (Å²) in [6.07, 6.45) is 3.26. The highest BCUT2D eigenvalue weighted by molar-refractivity contribution is 14.2. The quantitative estimate of drug-likeness (QED) is 0.320. The average molecular weight is 585 g/mol. The van der Waals surface area contributed by atoms with E-state index in [2.05, 4.69) is 32.4 Å². The molecule has 1 atom stereocenters. The number of rotatable bonds is 9. The third-order valence-electron chi connectivity index (χ3n) is 5.57. The molecule has 33 heavy (non-hydrogen) atoms. The van der Waals surface area contributed by atoms with Gasteiger partial charge in [-0.25, -0.2) is 0 Å². The van der Waals surface area contributed by atoms with E-state index in [9.17, 15) is 4.79 Å². The van der Waals surface area contributed by atoms with E-state index < -0.39 is 0 Å². The van der Waals surface area contributed by atoms with E-state index in [1.165, 1.54) is 12.0 Å². The highest BCUT2D eigenvalue weighted by atomic mass is 127. The second-order valence-electron chi connectivity index (χ2n) is 7.53. The number of benzene rings is 1. The van der Waals surface area contributed by atoms with Crippen LogP contribution in [-0.4, -0.2) is 36.5 Å². The van der Waals surface area contributed by atoms with Gasteiger partial charge in [0, 0.05) is 19.7 Å². The number of fused-ring (bicyclic) bond motifs is 1. The molecule has 1 unspecified atom stereocenters. The lowest BCUT2D eigenvalue weighted by atomic mass is 9.88. The van der Waals surface area contributed by atoms with E-state index in [1.807, 2.05) is 48.9 Å². The van der Waals surface area contributed by atoms with Crippen LogP contribution >= 0.6 is 28.5 Å². The van der Waals surface area contributed by atoms with Crippen molar-refractivity contribution in [2.24, 2.45) is 0 Å². The Hall–Kier alpha value is -1.61. The van der Waals surface area contributed by atoms with Crippen molar-refractivity contribution < 1.29 is 14.0 Å². The summed E-state index contributed by atoms with van der Waals surface area (Å²) in [6, 6.07) is 11.6. The molecule has 2 aromatic rings. The summed E-state index contributed by atoms with van der Waals surface area (Å²) in [4.78, 5) is 15.5. The van der Waals surface area contributed by atoms with Crippen LogP contribution in [0.15, 0.2) is 46.8 Å². The van der Waals surface area contributed by atoms with E-state index in [1.54, 1.807) is 13.2 Å². The number of hydrogen-bond donors (Lipinski definition) is 1. The Kier molecular flexibility index (Phi) is 10.5. The van der Waals surface area contributed by atoms with Gasteiger partial charge in [-0.15, -0.1) is 0 Å². The van der Waals surface area contributed by atoms with Crippen molar-refractivity contribution >= 4 is 34.2 Å². The monoisotopic (exact) mass is 585 g/mol. The molecule has 0 bridgehead atoms. The molecule has 1 aromatic heterocycles. The fourth-order valence-electron chi connectivity index (χ4n) is 3.87. The van der Waals surface area contributed by atoms with Gasteiger partial charge in [0.05, 0.1) is 31.1 Å². The van der Waals surface area contributed by atoms with Crippen LogP contribution in [0.1, 0.15) is 50.1 Å². The van der Waals surface area contributed by atoms with Gasteiger partial charge in [-0.3, -0.25) is 9.47 Å². The molecule has 1 saturated carbocycles. The Morgan fingerprint density at radius 2 is 1.91 bits per heavy atom. The van der Waals surface area contributed by atoms with Crippen molar-refractivity contribution in [1.29, 1.82) is 0 Å². The normalized spacial score (nSPS) is 15.0. The van der Waals surface area contributed by atoms with E-state index in [-0.39, 0.29) is 5.43 Å². The summed E-state index contributed by atoms with van der Waals surface area (Å²) in [6.45, 7) is 7.03. The summed E-state index contributed by atoms with van der Waals surface area (Å²) < 4.78 is 19.2. The van der Waals surface area contributed by atoms with Crippen LogP contribution in [0, 0.1) is 0 Å². The number of ether oxygens (including phenoxy) is 2. The van der Waals surface area contributed by atoms with Crippen molar-refractivity contribution in [3.8, 4) is 5.75 Å². The van der Waals surface area contributed by atoms with E-state index in [0.717, 1.165) is 42.0 Å². The first-order valence-electron chi connectivity index (χ1n) is 11.4. The minimum Gasteiger partial charge on any atom is -0.483 e. The fourth-order valence-corrected chi connectivity index (χ4v) is 4.54. The Morgan fingerprint density at radius 3 is 2.55 bits per heavy atom. The summed E-state index contributed by atoms with van der Waals surface area (Å²) in [5.41, 5.74) is 8.43. The summed E-state index contributed by atoms with van der Waals surface area (Å²) >= 11 is 2.20. The van der Waals surface area contributed by atoms with Crippen LogP contribution in [0.3, 0.4) is 0 Å². The summed E-state index contributed by atoms with van der Waals surface area (Å²) in [5.74, 6) is 0.383. The first kappa shape index (κ1) is 26.0. The SMILES string of the molecule is CC.COCCN1CNn2c(COPI)cc(=O)c(OCc3ccccc3)c2C1=C1CCC1. The molecule has 0 spiro atoms. The average Bonchev–Trinajstić information content (AvgIpc) is 2.82. The summed E-state index contributed by atoms with van der Waals surface area (Å²) in [5, 5.41) is 0. The van der Waals surface area contributed by atoms with Crippen molar-refractivity contribution in [3.05, 3.63) is 69.1 Å². The third-order valence-corrected chi connectivity index (χ3v) is 6.75. The van der Waals surface area contributed by atoms with Gasteiger partial charge in [-0.1, -0.05) is 44.2 Å². The first-order chi connectivity index (χ1) is 16.2.